The highest BCUT2D eigenvalue weighted by Gasteiger charge is 2.13. The second-order valence-electron chi connectivity index (χ2n) is 4.59. The highest BCUT2D eigenvalue weighted by atomic mass is 35.5. The van der Waals surface area contributed by atoms with Crippen molar-refractivity contribution in [2.75, 3.05) is 5.32 Å². The Bertz CT molecular complexity index is 879. The molecule has 0 atom stereocenters. The monoisotopic (exact) mass is 348 g/mol. The fourth-order valence-electron chi connectivity index (χ4n) is 1.91. The van der Waals surface area contributed by atoms with Crippen molar-refractivity contribution in [1.82, 2.24) is 14.8 Å². The molecule has 6 nitrogen and oxygen atoms in total. The molecule has 0 aliphatic heterocycles. The molecule has 0 saturated carbocycles. The van der Waals surface area contributed by atoms with Gasteiger partial charge in [-0.2, -0.15) is 5.10 Å². The first-order valence-electron chi connectivity index (χ1n) is 6.50. The van der Waals surface area contributed by atoms with E-state index in [4.69, 9.17) is 23.2 Å². The van der Waals surface area contributed by atoms with Gasteiger partial charge in [-0.1, -0.05) is 23.2 Å². The first-order valence-corrected chi connectivity index (χ1v) is 7.25. The molecule has 0 aliphatic rings. The number of aromatic hydroxyl groups is 1. The summed E-state index contributed by atoms with van der Waals surface area (Å²) in [5.74, 6) is -0.487. The van der Waals surface area contributed by atoms with Crippen molar-refractivity contribution in [3.63, 3.8) is 0 Å². The standard InChI is InChI=1S/C15H10Cl2N4O2/c16-10-3-4-12(11(17)6-10)21-8-9(7-19-21)15(23)20-14-13(22)2-1-5-18-14/h1-8,22H,(H,18,20,23). The highest BCUT2D eigenvalue weighted by molar-refractivity contribution is 6.35. The Morgan fingerprint density at radius 3 is 2.83 bits per heavy atom. The van der Waals surface area contributed by atoms with Crippen LogP contribution < -0.4 is 5.32 Å². The molecule has 3 rings (SSSR count). The molecular formula is C15H10Cl2N4O2. The lowest BCUT2D eigenvalue weighted by Gasteiger charge is -2.05. The number of anilines is 1. The minimum atomic E-state index is -0.449. The van der Waals surface area contributed by atoms with Gasteiger partial charge >= 0.3 is 0 Å². The van der Waals surface area contributed by atoms with E-state index >= 15 is 0 Å². The number of hydrogen-bond acceptors (Lipinski definition) is 4. The molecule has 2 aromatic heterocycles. The van der Waals surface area contributed by atoms with Crippen molar-refractivity contribution < 1.29 is 9.90 Å². The van der Waals surface area contributed by atoms with E-state index in [1.807, 2.05) is 0 Å². The number of rotatable bonds is 3. The van der Waals surface area contributed by atoms with Crippen molar-refractivity contribution in [1.29, 1.82) is 0 Å². The largest absolute Gasteiger partial charge is 0.504 e. The zero-order valence-corrected chi connectivity index (χ0v) is 13.1. The summed E-state index contributed by atoms with van der Waals surface area (Å²) in [4.78, 5) is 16.1. The summed E-state index contributed by atoms with van der Waals surface area (Å²) in [5, 5.41) is 17.2. The van der Waals surface area contributed by atoms with Gasteiger partial charge in [-0.3, -0.25) is 4.79 Å². The van der Waals surface area contributed by atoms with Crippen LogP contribution in [0.1, 0.15) is 10.4 Å². The van der Waals surface area contributed by atoms with Crippen LogP contribution in [0.15, 0.2) is 48.9 Å². The van der Waals surface area contributed by atoms with Crippen LogP contribution in [0.25, 0.3) is 5.69 Å². The number of nitrogens with zero attached hydrogens (tertiary/aromatic N) is 3. The predicted molar refractivity (Wildman–Crippen MR) is 87.4 cm³/mol. The number of nitrogens with one attached hydrogen (secondary N) is 1. The minimum Gasteiger partial charge on any atom is -0.504 e. The SMILES string of the molecule is O=C(Nc1ncccc1O)c1cnn(-c2ccc(Cl)cc2Cl)c1. The molecule has 0 unspecified atom stereocenters. The number of amides is 1. The van der Waals surface area contributed by atoms with Crippen LogP contribution in [0, 0.1) is 0 Å². The number of hydrogen-bond donors (Lipinski definition) is 2. The lowest BCUT2D eigenvalue weighted by Crippen LogP contribution is -2.12. The van der Waals surface area contributed by atoms with Crippen molar-refractivity contribution in [3.8, 4) is 11.4 Å². The molecule has 1 aromatic carbocycles. The number of halogens is 2. The molecule has 2 heterocycles. The maximum atomic E-state index is 12.2. The summed E-state index contributed by atoms with van der Waals surface area (Å²) in [6.45, 7) is 0. The van der Waals surface area contributed by atoms with E-state index < -0.39 is 5.91 Å². The average molecular weight is 349 g/mol. The van der Waals surface area contributed by atoms with Gasteiger partial charge in [0.15, 0.2) is 11.6 Å². The molecule has 0 aliphatic carbocycles. The summed E-state index contributed by atoms with van der Waals surface area (Å²) in [7, 11) is 0. The quantitative estimate of drug-likeness (QED) is 0.758. The number of carbonyl (C=O) groups is 1. The summed E-state index contributed by atoms with van der Waals surface area (Å²) >= 11 is 12.0. The molecule has 0 saturated heterocycles. The average Bonchev–Trinajstić information content (AvgIpc) is 2.99. The highest BCUT2D eigenvalue weighted by Crippen LogP contribution is 2.24. The van der Waals surface area contributed by atoms with Gasteiger partial charge < -0.3 is 10.4 Å². The molecule has 1 amide bonds. The smallest absolute Gasteiger partial charge is 0.260 e. The lowest BCUT2D eigenvalue weighted by atomic mass is 10.3. The Labute approximate surface area is 141 Å². The normalized spacial score (nSPS) is 10.5. The Morgan fingerprint density at radius 1 is 1.26 bits per heavy atom. The fourth-order valence-corrected chi connectivity index (χ4v) is 2.41. The van der Waals surface area contributed by atoms with Gasteiger partial charge in [0, 0.05) is 17.4 Å². The van der Waals surface area contributed by atoms with Crippen LogP contribution in [-0.4, -0.2) is 25.8 Å². The number of benzene rings is 1. The van der Waals surface area contributed by atoms with Gasteiger partial charge in [-0.25, -0.2) is 9.67 Å². The van der Waals surface area contributed by atoms with E-state index in [2.05, 4.69) is 15.4 Å². The topological polar surface area (TPSA) is 80.0 Å². The minimum absolute atomic E-state index is 0.0785. The van der Waals surface area contributed by atoms with Crippen LogP contribution in [0.3, 0.4) is 0 Å². The zero-order valence-electron chi connectivity index (χ0n) is 11.6. The third-order valence-corrected chi connectivity index (χ3v) is 3.56. The fraction of sp³-hybridized carbons (Fsp3) is 0. The van der Waals surface area contributed by atoms with Gasteiger partial charge in [0.2, 0.25) is 0 Å². The van der Waals surface area contributed by atoms with Crippen LogP contribution in [0.2, 0.25) is 10.0 Å². The first-order chi connectivity index (χ1) is 11.0. The van der Waals surface area contributed by atoms with E-state index in [9.17, 15) is 9.90 Å². The Kier molecular flexibility index (Phi) is 4.18. The van der Waals surface area contributed by atoms with E-state index in [1.54, 1.807) is 24.3 Å². The Balaban J connectivity index is 1.84. The predicted octanol–water partition coefficient (Wildman–Crippen LogP) is 3.53. The van der Waals surface area contributed by atoms with Crippen molar-refractivity contribution in [2.45, 2.75) is 0 Å². The number of aromatic nitrogens is 3. The summed E-state index contributed by atoms with van der Waals surface area (Å²) in [6.07, 6.45) is 4.37. The van der Waals surface area contributed by atoms with Gasteiger partial charge in [0.25, 0.3) is 5.91 Å². The number of carbonyl (C=O) groups excluding carboxylic acids is 1. The van der Waals surface area contributed by atoms with Crippen LogP contribution in [0.4, 0.5) is 5.82 Å². The molecule has 0 radical (unpaired) electrons. The summed E-state index contributed by atoms with van der Waals surface area (Å²) in [5.41, 5.74) is 0.886. The van der Waals surface area contributed by atoms with E-state index in [1.165, 1.54) is 29.3 Å². The first kappa shape index (κ1) is 15.3. The second-order valence-corrected chi connectivity index (χ2v) is 5.44. The van der Waals surface area contributed by atoms with Gasteiger partial charge in [-0.05, 0) is 30.3 Å². The molecule has 8 heteroatoms. The molecular weight excluding hydrogens is 339 g/mol. The van der Waals surface area contributed by atoms with Gasteiger partial charge in [0.1, 0.15) is 0 Å². The molecule has 23 heavy (non-hydrogen) atoms. The van der Waals surface area contributed by atoms with Crippen molar-refractivity contribution >= 4 is 34.9 Å². The third-order valence-electron chi connectivity index (χ3n) is 3.02. The van der Waals surface area contributed by atoms with Gasteiger partial charge in [-0.15, -0.1) is 0 Å². The Hall–Kier alpha value is -2.57. The molecule has 0 fully saturated rings. The van der Waals surface area contributed by atoms with Gasteiger partial charge in [0.05, 0.1) is 22.5 Å². The summed E-state index contributed by atoms with van der Waals surface area (Å²) < 4.78 is 1.46. The van der Waals surface area contributed by atoms with Crippen molar-refractivity contribution in [3.05, 3.63) is 64.5 Å². The van der Waals surface area contributed by atoms with Crippen LogP contribution in [0.5, 0.6) is 5.75 Å². The lowest BCUT2D eigenvalue weighted by molar-refractivity contribution is 0.102. The summed E-state index contributed by atoms with van der Waals surface area (Å²) in [6, 6.07) is 7.96. The zero-order chi connectivity index (χ0) is 16.4. The molecule has 0 spiro atoms. The second kappa shape index (κ2) is 6.28. The number of pyridine rings is 1. The van der Waals surface area contributed by atoms with E-state index in [0.29, 0.717) is 21.3 Å². The molecule has 3 aromatic rings. The van der Waals surface area contributed by atoms with Crippen LogP contribution >= 0.6 is 23.2 Å². The Morgan fingerprint density at radius 2 is 2.09 bits per heavy atom. The molecule has 116 valence electrons. The van der Waals surface area contributed by atoms with E-state index in [0.717, 1.165) is 0 Å². The third kappa shape index (κ3) is 3.28. The van der Waals surface area contributed by atoms with E-state index in [-0.39, 0.29) is 11.6 Å². The maximum absolute atomic E-state index is 12.2. The molecule has 2 N–H and O–H groups in total. The van der Waals surface area contributed by atoms with Crippen molar-refractivity contribution in [2.24, 2.45) is 0 Å². The van der Waals surface area contributed by atoms with Crippen LogP contribution in [-0.2, 0) is 0 Å². The molecule has 0 bridgehead atoms. The maximum Gasteiger partial charge on any atom is 0.260 e.